The highest BCUT2D eigenvalue weighted by atomic mass is 19.4. The molecule has 0 radical (unpaired) electrons. The molecular formula is C20H19F3N4O. The Morgan fingerprint density at radius 1 is 1.25 bits per heavy atom. The maximum absolute atomic E-state index is 12.9. The van der Waals surface area contributed by atoms with E-state index in [1.165, 1.54) is 12.3 Å². The first-order valence-corrected chi connectivity index (χ1v) is 8.64. The molecule has 5 nitrogen and oxygen atoms in total. The van der Waals surface area contributed by atoms with Crippen molar-refractivity contribution in [2.75, 3.05) is 13.6 Å². The number of hydrogen-bond donors (Lipinski definition) is 1. The molecule has 1 aromatic heterocycles. The van der Waals surface area contributed by atoms with E-state index in [9.17, 15) is 18.0 Å². The number of aliphatic imine (C=N–C) groups is 1. The second-order valence-electron chi connectivity index (χ2n) is 6.51. The fourth-order valence-corrected chi connectivity index (χ4v) is 2.99. The summed E-state index contributed by atoms with van der Waals surface area (Å²) in [5, 5.41) is 0. The molecule has 1 saturated heterocycles. The van der Waals surface area contributed by atoms with Crippen LogP contribution in [-0.4, -0.2) is 35.1 Å². The van der Waals surface area contributed by atoms with Gasteiger partial charge in [0.2, 0.25) is 0 Å². The van der Waals surface area contributed by atoms with Gasteiger partial charge in [-0.15, -0.1) is 0 Å². The van der Waals surface area contributed by atoms with Gasteiger partial charge in [0, 0.05) is 32.4 Å². The first-order chi connectivity index (χ1) is 13.3. The molecule has 2 N–H and O–H groups in total. The van der Waals surface area contributed by atoms with Gasteiger partial charge in [-0.3, -0.25) is 4.79 Å². The van der Waals surface area contributed by atoms with Crippen LogP contribution in [0, 0.1) is 0 Å². The monoisotopic (exact) mass is 388 g/mol. The van der Waals surface area contributed by atoms with Gasteiger partial charge in [-0.1, -0.05) is 18.2 Å². The topological polar surface area (TPSA) is 71.6 Å². The molecule has 0 spiro atoms. The average molecular weight is 388 g/mol. The van der Waals surface area contributed by atoms with Gasteiger partial charge in [-0.2, -0.15) is 13.2 Å². The number of halogens is 3. The number of alkyl halides is 3. The number of benzene rings is 1. The maximum Gasteiger partial charge on any atom is 0.416 e. The first-order valence-electron chi connectivity index (χ1n) is 8.64. The summed E-state index contributed by atoms with van der Waals surface area (Å²) in [6.07, 6.45) is -0.734. The van der Waals surface area contributed by atoms with Crippen molar-refractivity contribution in [3.8, 4) is 0 Å². The molecule has 2 aromatic rings. The molecular weight excluding hydrogens is 369 g/mol. The molecule has 0 aliphatic carbocycles. The Morgan fingerprint density at radius 3 is 2.71 bits per heavy atom. The summed E-state index contributed by atoms with van der Waals surface area (Å²) in [7, 11) is 1.69. The van der Waals surface area contributed by atoms with Crippen LogP contribution in [0.1, 0.15) is 23.1 Å². The predicted molar refractivity (Wildman–Crippen MR) is 100 cm³/mol. The highest BCUT2D eigenvalue weighted by Gasteiger charge is 2.30. The van der Waals surface area contributed by atoms with Crippen molar-refractivity contribution >= 4 is 17.4 Å². The highest BCUT2D eigenvalue weighted by molar-refractivity contribution is 6.23. The number of likely N-dealkylation sites (N-methyl/N-ethyl adjacent to an activating group) is 1. The number of hydrogen-bond acceptors (Lipinski definition) is 4. The van der Waals surface area contributed by atoms with Crippen molar-refractivity contribution in [1.82, 2.24) is 9.88 Å². The molecule has 1 aliphatic rings. The predicted octanol–water partition coefficient (Wildman–Crippen LogP) is 3.47. The van der Waals surface area contributed by atoms with E-state index < -0.39 is 11.7 Å². The Labute approximate surface area is 160 Å². The maximum atomic E-state index is 12.9. The SMILES string of the molecule is CN1CCC(=Nc2cc(Cc3cccc(C(F)(F)F)c3)ccn2)/C(=C\N)C1=O. The fraction of sp³-hybridized carbons (Fsp3) is 0.250. The zero-order valence-corrected chi connectivity index (χ0v) is 15.2. The normalized spacial score (nSPS) is 18.1. The molecule has 0 saturated carbocycles. The molecule has 1 aromatic carbocycles. The van der Waals surface area contributed by atoms with Gasteiger partial charge in [-0.25, -0.2) is 9.98 Å². The van der Waals surface area contributed by atoms with E-state index in [2.05, 4.69) is 9.98 Å². The van der Waals surface area contributed by atoms with Crippen LogP contribution in [0.2, 0.25) is 0 Å². The average Bonchev–Trinajstić information content (AvgIpc) is 2.65. The van der Waals surface area contributed by atoms with E-state index in [0.29, 0.717) is 42.1 Å². The largest absolute Gasteiger partial charge is 0.416 e. The Balaban J connectivity index is 1.84. The van der Waals surface area contributed by atoms with Gasteiger partial charge >= 0.3 is 6.18 Å². The van der Waals surface area contributed by atoms with E-state index in [4.69, 9.17) is 5.73 Å². The van der Waals surface area contributed by atoms with E-state index >= 15 is 0 Å². The van der Waals surface area contributed by atoms with Gasteiger partial charge < -0.3 is 10.6 Å². The third kappa shape index (κ3) is 4.39. The summed E-state index contributed by atoms with van der Waals surface area (Å²) in [6.45, 7) is 0.527. The molecule has 1 aliphatic heterocycles. The van der Waals surface area contributed by atoms with Gasteiger partial charge in [0.1, 0.15) is 0 Å². The van der Waals surface area contributed by atoms with Crippen LogP contribution in [0.25, 0.3) is 0 Å². The van der Waals surface area contributed by atoms with Gasteiger partial charge in [-0.05, 0) is 35.7 Å². The number of pyridine rings is 1. The van der Waals surface area contributed by atoms with Crippen LogP contribution < -0.4 is 5.73 Å². The summed E-state index contributed by atoms with van der Waals surface area (Å²) in [4.78, 5) is 22.4. The molecule has 2 heterocycles. The fourth-order valence-electron chi connectivity index (χ4n) is 2.99. The lowest BCUT2D eigenvalue weighted by molar-refractivity contribution is -0.137. The summed E-state index contributed by atoms with van der Waals surface area (Å²) >= 11 is 0. The summed E-state index contributed by atoms with van der Waals surface area (Å²) < 4.78 is 38.7. The highest BCUT2D eigenvalue weighted by Crippen LogP contribution is 2.30. The Hall–Kier alpha value is -3.16. The second kappa shape index (κ2) is 7.84. The summed E-state index contributed by atoms with van der Waals surface area (Å²) in [5.41, 5.74) is 7.09. The van der Waals surface area contributed by atoms with Crippen LogP contribution in [0.4, 0.5) is 19.0 Å². The van der Waals surface area contributed by atoms with Crippen LogP contribution in [0.5, 0.6) is 0 Å². The number of rotatable bonds is 3. The van der Waals surface area contributed by atoms with Crippen LogP contribution in [0.15, 0.2) is 59.4 Å². The van der Waals surface area contributed by atoms with E-state index in [0.717, 1.165) is 17.7 Å². The lowest BCUT2D eigenvalue weighted by Crippen LogP contribution is -2.38. The summed E-state index contributed by atoms with van der Waals surface area (Å²) in [6, 6.07) is 8.64. The molecule has 28 heavy (non-hydrogen) atoms. The zero-order valence-electron chi connectivity index (χ0n) is 15.2. The van der Waals surface area contributed by atoms with Crippen LogP contribution >= 0.6 is 0 Å². The van der Waals surface area contributed by atoms with Crippen molar-refractivity contribution < 1.29 is 18.0 Å². The summed E-state index contributed by atoms with van der Waals surface area (Å²) in [5.74, 6) is 0.184. The third-order valence-corrected chi connectivity index (χ3v) is 4.46. The molecule has 1 fully saturated rings. The molecule has 0 atom stereocenters. The standard InChI is InChI=1S/C20H19F3N4O/c1-27-8-6-17(16(12-24)19(27)28)26-18-11-14(5-7-25-18)9-13-3-2-4-15(10-13)20(21,22)23/h2-5,7,10-12H,6,8-9,24H2,1H3/b16-12+,26-17?. The van der Waals surface area contributed by atoms with Crippen molar-refractivity contribution in [2.45, 2.75) is 19.0 Å². The van der Waals surface area contributed by atoms with Crippen molar-refractivity contribution in [3.63, 3.8) is 0 Å². The van der Waals surface area contributed by atoms with Crippen molar-refractivity contribution in [1.29, 1.82) is 0 Å². The Morgan fingerprint density at radius 2 is 2.00 bits per heavy atom. The number of likely N-dealkylation sites (tertiary alicyclic amines) is 1. The van der Waals surface area contributed by atoms with E-state index in [1.807, 2.05) is 0 Å². The number of aromatic nitrogens is 1. The number of piperidine rings is 1. The number of carbonyl (C=O) groups excluding carboxylic acids is 1. The number of nitrogens with two attached hydrogens (primary N) is 1. The number of carbonyl (C=O) groups is 1. The molecule has 146 valence electrons. The molecule has 8 heteroatoms. The van der Waals surface area contributed by atoms with Crippen LogP contribution in [-0.2, 0) is 17.4 Å². The van der Waals surface area contributed by atoms with E-state index in [1.54, 1.807) is 36.3 Å². The smallest absolute Gasteiger partial charge is 0.404 e. The second-order valence-corrected chi connectivity index (χ2v) is 6.51. The minimum atomic E-state index is -4.38. The Bertz CT molecular complexity index is 950. The number of nitrogens with zero attached hydrogens (tertiary/aromatic N) is 3. The minimum Gasteiger partial charge on any atom is -0.404 e. The molecule has 0 bridgehead atoms. The minimum absolute atomic E-state index is 0.201. The Kier molecular flexibility index (Phi) is 5.48. The molecule has 3 rings (SSSR count). The zero-order chi connectivity index (χ0) is 20.3. The van der Waals surface area contributed by atoms with Crippen molar-refractivity contribution in [2.24, 2.45) is 10.7 Å². The van der Waals surface area contributed by atoms with Gasteiger partial charge in [0.25, 0.3) is 5.91 Å². The lowest BCUT2D eigenvalue weighted by atomic mass is 10.0. The van der Waals surface area contributed by atoms with Crippen LogP contribution in [0.3, 0.4) is 0 Å². The molecule has 0 unspecified atom stereocenters. The molecule has 1 amide bonds. The third-order valence-electron chi connectivity index (χ3n) is 4.46. The van der Waals surface area contributed by atoms with Gasteiger partial charge in [0.05, 0.1) is 16.8 Å². The van der Waals surface area contributed by atoms with Crippen molar-refractivity contribution in [3.05, 3.63) is 71.1 Å². The lowest BCUT2D eigenvalue weighted by Gasteiger charge is -2.25. The number of amides is 1. The van der Waals surface area contributed by atoms with Gasteiger partial charge in [0.15, 0.2) is 5.82 Å². The van der Waals surface area contributed by atoms with E-state index in [-0.39, 0.29) is 5.91 Å². The quantitative estimate of drug-likeness (QED) is 0.819. The first kappa shape index (κ1) is 19.6.